The normalized spacial score (nSPS) is 12.0. The maximum absolute atomic E-state index is 13.4. The lowest BCUT2D eigenvalue weighted by Crippen LogP contribution is -2.13. The number of anilines is 1. The summed E-state index contributed by atoms with van der Waals surface area (Å²) >= 11 is 1.28. The molecule has 0 aliphatic carbocycles. The summed E-state index contributed by atoms with van der Waals surface area (Å²) in [7, 11) is 0. The number of carbonyl (C=O) groups excluding carboxylic acids is 1. The van der Waals surface area contributed by atoms with Crippen LogP contribution in [0.3, 0.4) is 0 Å². The summed E-state index contributed by atoms with van der Waals surface area (Å²) < 4.78 is 24.0. The number of ether oxygens (including phenoxy) is 2. The quantitative estimate of drug-likeness (QED) is 0.711. The Balaban J connectivity index is 1.54. The number of amides is 1. The lowest BCUT2D eigenvalue weighted by atomic mass is 10.2. The van der Waals surface area contributed by atoms with Crippen LogP contribution in [0.15, 0.2) is 41.8 Å². The molecule has 7 nitrogen and oxygen atoms in total. The summed E-state index contributed by atoms with van der Waals surface area (Å²) in [4.78, 5) is 27.6. The molecular weight excluding hydrogens is 375 g/mol. The Morgan fingerprint density at radius 1 is 1.15 bits per heavy atom. The van der Waals surface area contributed by atoms with Crippen molar-refractivity contribution < 1.29 is 28.6 Å². The predicted molar refractivity (Wildman–Crippen MR) is 95.0 cm³/mol. The maximum Gasteiger partial charge on any atom is 0.338 e. The fraction of sp³-hybridized carbons (Fsp3) is 0.0556. The number of aromatic nitrogens is 1. The van der Waals surface area contributed by atoms with Crippen molar-refractivity contribution in [3.63, 3.8) is 0 Å². The molecule has 0 saturated carbocycles. The lowest BCUT2D eigenvalue weighted by Gasteiger charge is -2.05. The van der Waals surface area contributed by atoms with Gasteiger partial charge in [0.15, 0.2) is 11.5 Å². The third-order valence-corrected chi connectivity index (χ3v) is 4.70. The largest absolute Gasteiger partial charge is 0.478 e. The van der Waals surface area contributed by atoms with Gasteiger partial charge in [-0.1, -0.05) is 0 Å². The SMILES string of the molecule is O=C(Nc1ccc(F)c(C(=O)O)c1)c1csc(-c2ccc3c(c2)OCO3)n1. The Morgan fingerprint density at radius 3 is 2.78 bits per heavy atom. The highest BCUT2D eigenvalue weighted by atomic mass is 32.1. The minimum atomic E-state index is -1.41. The molecule has 1 aliphatic heterocycles. The molecule has 136 valence electrons. The summed E-state index contributed by atoms with van der Waals surface area (Å²) in [6.45, 7) is 0.167. The van der Waals surface area contributed by atoms with E-state index in [1.165, 1.54) is 17.4 Å². The summed E-state index contributed by atoms with van der Waals surface area (Å²) in [6.07, 6.45) is 0. The van der Waals surface area contributed by atoms with Crippen molar-refractivity contribution in [1.82, 2.24) is 4.98 Å². The predicted octanol–water partition coefficient (Wildman–Crippen LogP) is 3.63. The Morgan fingerprint density at radius 2 is 1.96 bits per heavy atom. The average Bonchev–Trinajstić information content (AvgIpc) is 3.31. The van der Waals surface area contributed by atoms with Crippen molar-refractivity contribution in [2.45, 2.75) is 0 Å². The van der Waals surface area contributed by atoms with Crippen LogP contribution in [0, 0.1) is 5.82 Å². The summed E-state index contributed by atoms with van der Waals surface area (Å²) in [5, 5.41) is 13.7. The van der Waals surface area contributed by atoms with Crippen LogP contribution in [-0.2, 0) is 0 Å². The van der Waals surface area contributed by atoms with E-state index < -0.39 is 23.3 Å². The molecule has 2 heterocycles. The van der Waals surface area contributed by atoms with E-state index in [4.69, 9.17) is 14.6 Å². The van der Waals surface area contributed by atoms with Gasteiger partial charge in [0, 0.05) is 16.6 Å². The number of aromatic carboxylic acids is 1. The maximum atomic E-state index is 13.4. The third-order valence-electron chi connectivity index (χ3n) is 3.81. The number of hydrogen-bond acceptors (Lipinski definition) is 6. The zero-order valence-electron chi connectivity index (χ0n) is 13.6. The van der Waals surface area contributed by atoms with Crippen molar-refractivity contribution in [3.8, 4) is 22.1 Å². The van der Waals surface area contributed by atoms with Gasteiger partial charge in [0.1, 0.15) is 16.5 Å². The van der Waals surface area contributed by atoms with Crippen LogP contribution in [0.1, 0.15) is 20.8 Å². The molecule has 1 amide bonds. The molecule has 27 heavy (non-hydrogen) atoms. The number of nitrogens with one attached hydrogen (secondary N) is 1. The minimum Gasteiger partial charge on any atom is -0.478 e. The van der Waals surface area contributed by atoms with Gasteiger partial charge in [-0.25, -0.2) is 14.2 Å². The van der Waals surface area contributed by atoms with Gasteiger partial charge in [-0.3, -0.25) is 4.79 Å². The zero-order valence-corrected chi connectivity index (χ0v) is 14.4. The summed E-state index contributed by atoms with van der Waals surface area (Å²) in [5.41, 5.74) is 0.579. The number of nitrogens with zero attached hydrogens (tertiary/aromatic N) is 1. The number of carboxylic acids is 1. The van der Waals surface area contributed by atoms with E-state index in [1.54, 1.807) is 17.5 Å². The van der Waals surface area contributed by atoms with E-state index in [0.717, 1.165) is 17.7 Å². The monoisotopic (exact) mass is 386 g/mol. The number of thiazole rings is 1. The topological polar surface area (TPSA) is 97.8 Å². The molecule has 0 bridgehead atoms. The van der Waals surface area contributed by atoms with E-state index in [2.05, 4.69) is 10.3 Å². The van der Waals surface area contributed by atoms with Crippen LogP contribution < -0.4 is 14.8 Å². The number of carbonyl (C=O) groups is 2. The fourth-order valence-electron chi connectivity index (χ4n) is 2.50. The van der Waals surface area contributed by atoms with E-state index in [-0.39, 0.29) is 18.2 Å². The number of carboxylic acid groups (broad SMARTS) is 1. The minimum absolute atomic E-state index is 0.161. The van der Waals surface area contributed by atoms with E-state index >= 15 is 0 Å². The molecule has 0 radical (unpaired) electrons. The first-order valence-corrected chi connectivity index (χ1v) is 8.59. The molecule has 2 aromatic carbocycles. The van der Waals surface area contributed by atoms with Crippen LogP contribution in [0.2, 0.25) is 0 Å². The van der Waals surface area contributed by atoms with Crippen molar-refractivity contribution >= 4 is 28.9 Å². The highest BCUT2D eigenvalue weighted by molar-refractivity contribution is 7.13. The fourth-order valence-corrected chi connectivity index (χ4v) is 3.30. The first-order chi connectivity index (χ1) is 13.0. The molecule has 0 unspecified atom stereocenters. The first-order valence-electron chi connectivity index (χ1n) is 7.71. The molecule has 2 N–H and O–H groups in total. The van der Waals surface area contributed by atoms with Crippen LogP contribution in [-0.4, -0.2) is 28.8 Å². The molecule has 3 aromatic rings. The Labute approximate surface area is 156 Å². The van der Waals surface area contributed by atoms with Crippen LogP contribution in [0.5, 0.6) is 11.5 Å². The molecule has 0 atom stereocenters. The van der Waals surface area contributed by atoms with Crippen LogP contribution >= 0.6 is 11.3 Å². The molecule has 1 aromatic heterocycles. The van der Waals surface area contributed by atoms with E-state index in [9.17, 15) is 14.0 Å². The van der Waals surface area contributed by atoms with Gasteiger partial charge < -0.3 is 19.9 Å². The molecule has 4 rings (SSSR count). The van der Waals surface area contributed by atoms with Crippen molar-refractivity contribution in [2.24, 2.45) is 0 Å². The Hall–Kier alpha value is -3.46. The number of fused-ring (bicyclic) bond motifs is 1. The van der Waals surface area contributed by atoms with Gasteiger partial charge in [0.25, 0.3) is 5.91 Å². The number of hydrogen-bond donors (Lipinski definition) is 2. The lowest BCUT2D eigenvalue weighted by molar-refractivity contribution is 0.0691. The van der Waals surface area contributed by atoms with Gasteiger partial charge in [0.05, 0.1) is 5.56 Å². The average molecular weight is 386 g/mol. The van der Waals surface area contributed by atoms with Crippen LogP contribution in [0.4, 0.5) is 10.1 Å². The number of halogens is 1. The highest BCUT2D eigenvalue weighted by Crippen LogP contribution is 2.36. The molecule has 0 fully saturated rings. The zero-order chi connectivity index (χ0) is 19.0. The number of benzene rings is 2. The molecule has 0 spiro atoms. The van der Waals surface area contributed by atoms with Crippen LogP contribution in [0.25, 0.3) is 10.6 Å². The van der Waals surface area contributed by atoms with Crippen molar-refractivity contribution in [3.05, 3.63) is 58.9 Å². The van der Waals surface area contributed by atoms with Crippen molar-refractivity contribution in [1.29, 1.82) is 0 Å². The van der Waals surface area contributed by atoms with Gasteiger partial charge in [-0.05, 0) is 36.4 Å². The molecule has 0 saturated heterocycles. The second-order valence-electron chi connectivity index (χ2n) is 5.56. The van der Waals surface area contributed by atoms with Gasteiger partial charge in [0.2, 0.25) is 6.79 Å². The van der Waals surface area contributed by atoms with Gasteiger partial charge >= 0.3 is 5.97 Å². The second kappa shape index (κ2) is 6.69. The molecule has 1 aliphatic rings. The summed E-state index contributed by atoms with van der Waals surface area (Å²) in [6, 6.07) is 8.68. The highest BCUT2D eigenvalue weighted by Gasteiger charge is 2.18. The van der Waals surface area contributed by atoms with Gasteiger partial charge in [-0.2, -0.15) is 0 Å². The third kappa shape index (κ3) is 3.32. The van der Waals surface area contributed by atoms with Gasteiger partial charge in [-0.15, -0.1) is 11.3 Å². The smallest absolute Gasteiger partial charge is 0.338 e. The standard InChI is InChI=1S/C18H11FN2O5S/c19-12-3-2-10(6-11(12)18(23)24)20-16(22)13-7-27-17(21-13)9-1-4-14-15(5-9)26-8-25-14/h1-7H,8H2,(H,20,22)(H,23,24). The Kier molecular flexibility index (Phi) is 4.21. The Bertz CT molecular complexity index is 1070. The molecular formula is C18H11FN2O5S. The van der Waals surface area contributed by atoms with E-state index in [0.29, 0.717) is 16.5 Å². The summed E-state index contributed by atoms with van der Waals surface area (Å²) in [5.74, 6) is -1.55. The second-order valence-corrected chi connectivity index (χ2v) is 6.42. The van der Waals surface area contributed by atoms with Crippen molar-refractivity contribution in [2.75, 3.05) is 12.1 Å². The number of rotatable bonds is 4. The van der Waals surface area contributed by atoms with E-state index in [1.807, 2.05) is 6.07 Å². The first kappa shape index (κ1) is 17.0. The molecule has 9 heteroatoms.